The topological polar surface area (TPSA) is 127 Å². The fourth-order valence-corrected chi connectivity index (χ4v) is 4.92. The van der Waals surface area contributed by atoms with Gasteiger partial charge in [-0.1, -0.05) is 62.6 Å². The number of nitrogens with zero attached hydrogens (tertiary/aromatic N) is 4. The Morgan fingerprint density at radius 1 is 1.21 bits per heavy atom. The van der Waals surface area contributed by atoms with Gasteiger partial charge in [0.1, 0.15) is 5.82 Å². The van der Waals surface area contributed by atoms with Crippen LogP contribution in [0.2, 0.25) is 0 Å². The number of nitrogen functional groups attached to an aromatic ring is 1. The summed E-state index contributed by atoms with van der Waals surface area (Å²) < 4.78 is 2.81. The normalized spacial score (nSPS) is 11.4. The van der Waals surface area contributed by atoms with Crippen molar-refractivity contribution in [2.75, 3.05) is 29.2 Å². The second-order valence-electron chi connectivity index (χ2n) is 7.22. The molecule has 2 aromatic rings. The summed E-state index contributed by atoms with van der Waals surface area (Å²) in [5.74, 6) is 0.0424. The van der Waals surface area contributed by atoms with Crippen LogP contribution >= 0.6 is 34.9 Å². The Labute approximate surface area is 181 Å². The van der Waals surface area contributed by atoms with Crippen molar-refractivity contribution < 1.29 is 4.79 Å². The molecular formula is C17H26N6O3S3. The number of rotatable bonds is 9. The maximum Gasteiger partial charge on any atom is 0.330 e. The van der Waals surface area contributed by atoms with Gasteiger partial charge in [-0.25, -0.2) is 4.79 Å². The molecule has 3 N–H and O–H groups in total. The minimum atomic E-state index is -0.660. The van der Waals surface area contributed by atoms with Crippen molar-refractivity contribution in [1.82, 2.24) is 19.7 Å². The van der Waals surface area contributed by atoms with Crippen molar-refractivity contribution in [3.05, 3.63) is 20.8 Å². The molecule has 12 heteroatoms. The Morgan fingerprint density at radius 2 is 1.86 bits per heavy atom. The standard InChI is InChI=1S/C17H26N6O3S3/c1-9(2)6-22(11(24)8-28-17-21-20-16(27-5)29-17)12-13(18)23(7-10(3)4)15(26)19-14(12)25/h9-10H,6-8,18H2,1-5H3,(H,19,25,26). The van der Waals surface area contributed by atoms with E-state index >= 15 is 0 Å². The Kier molecular flexibility index (Phi) is 8.34. The van der Waals surface area contributed by atoms with Crippen LogP contribution in [-0.4, -0.2) is 44.2 Å². The second kappa shape index (κ2) is 10.3. The van der Waals surface area contributed by atoms with Crippen LogP contribution in [0, 0.1) is 11.8 Å². The van der Waals surface area contributed by atoms with Gasteiger partial charge < -0.3 is 10.6 Å². The molecule has 0 radical (unpaired) electrons. The SMILES string of the molecule is CSc1nnc(SCC(=O)N(CC(C)C)c2c(N)n(CC(C)C)c(=O)[nH]c2=O)s1. The van der Waals surface area contributed by atoms with Crippen LogP contribution in [0.25, 0.3) is 0 Å². The van der Waals surface area contributed by atoms with Gasteiger partial charge in [0.2, 0.25) is 5.91 Å². The van der Waals surface area contributed by atoms with E-state index in [1.165, 1.54) is 44.3 Å². The lowest BCUT2D eigenvalue weighted by Crippen LogP contribution is -2.43. The van der Waals surface area contributed by atoms with E-state index in [0.29, 0.717) is 17.4 Å². The summed E-state index contributed by atoms with van der Waals surface area (Å²) in [4.78, 5) is 41.5. The van der Waals surface area contributed by atoms with Gasteiger partial charge in [-0.3, -0.25) is 19.1 Å². The third-order valence-corrected chi connectivity index (χ3v) is 6.78. The summed E-state index contributed by atoms with van der Waals surface area (Å²) in [5, 5.41) is 8.06. The number of carbonyl (C=O) groups is 1. The van der Waals surface area contributed by atoms with Crippen LogP contribution in [0.15, 0.2) is 18.3 Å². The highest BCUT2D eigenvalue weighted by Gasteiger charge is 2.25. The Bertz CT molecular complexity index is 966. The van der Waals surface area contributed by atoms with Crippen LogP contribution in [-0.2, 0) is 11.3 Å². The van der Waals surface area contributed by atoms with Crippen LogP contribution in [0.1, 0.15) is 27.7 Å². The van der Waals surface area contributed by atoms with Gasteiger partial charge in [0.15, 0.2) is 14.4 Å². The maximum absolute atomic E-state index is 13.0. The monoisotopic (exact) mass is 458 g/mol. The van der Waals surface area contributed by atoms with Gasteiger partial charge in [-0.2, -0.15) is 0 Å². The highest BCUT2D eigenvalue weighted by Crippen LogP contribution is 2.28. The molecule has 0 fully saturated rings. The predicted molar refractivity (Wildman–Crippen MR) is 120 cm³/mol. The number of hydrogen-bond donors (Lipinski definition) is 2. The molecule has 1 amide bonds. The lowest BCUT2D eigenvalue weighted by atomic mass is 10.2. The zero-order valence-electron chi connectivity index (χ0n) is 17.1. The lowest BCUT2D eigenvalue weighted by molar-refractivity contribution is -0.116. The number of aromatic amines is 1. The predicted octanol–water partition coefficient (Wildman–Crippen LogP) is 2.13. The third kappa shape index (κ3) is 6.09. The average molecular weight is 459 g/mol. The van der Waals surface area contributed by atoms with Crippen molar-refractivity contribution in [2.24, 2.45) is 11.8 Å². The minimum absolute atomic E-state index is 0.00651. The molecule has 0 atom stereocenters. The van der Waals surface area contributed by atoms with E-state index in [9.17, 15) is 14.4 Å². The minimum Gasteiger partial charge on any atom is -0.383 e. The molecule has 0 saturated carbocycles. The third-order valence-electron chi connectivity index (χ3n) is 3.76. The first-order chi connectivity index (χ1) is 13.6. The number of nitrogens with two attached hydrogens (primary N) is 1. The highest BCUT2D eigenvalue weighted by atomic mass is 32.2. The molecule has 160 valence electrons. The molecule has 0 saturated heterocycles. The van der Waals surface area contributed by atoms with E-state index < -0.39 is 11.2 Å². The largest absolute Gasteiger partial charge is 0.383 e. The molecule has 2 rings (SSSR count). The summed E-state index contributed by atoms with van der Waals surface area (Å²) in [7, 11) is 0. The molecule has 9 nitrogen and oxygen atoms in total. The summed E-state index contributed by atoms with van der Waals surface area (Å²) in [6, 6.07) is 0. The number of H-pyrrole nitrogens is 1. The first-order valence-electron chi connectivity index (χ1n) is 9.07. The number of nitrogens with one attached hydrogen (secondary N) is 1. The Hall–Kier alpha value is -1.79. The van der Waals surface area contributed by atoms with Crippen molar-refractivity contribution in [3.63, 3.8) is 0 Å². The van der Waals surface area contributed by atoms with Crippen LogP contribution in [0.3, 0.4) is 0 Å². The Morgan fingerprint density at radius 3 is 2.41 bits per heavy atom. The molecule has 0 aliphatic heterocycles. The summed E-state index contributed by atoms with van der Waals surface area (Å²) in [6.45, 7) is 8.41. The second-order valence-corrected chi connectivity index (χ2v) is 10.5. The number of aromatic nitrogens is 4. The van der Waals surface area contributed by atoms with E-state index in [2.05, 4.69) is 15.2 Å². The quantitative estimate of drug-likeness (QED) is 0.547. The van der Waals surface area contributed by atoms with Gasteiger partial charge in [0.05, 0.1) is 5.75 Å². The van der Waals surface area contributed by atoms with Crippen molar-refractivity contribution in [2.45, 2.75) is 42.9 Å². The van der Waals surface area contributed by atoms with E-state index in [1.54, 1.807) is 0 Å². The maximum atomic E-state index is 13.0. The molecular weight excluding hydrogens is 432 g/mol. The van der Waals surface area contributed by atoms with Gasteiger partial charge in [0.25, 0.3) is 5.56 Å². The first kappa shape index (κ1) is 23.5. The lowest BCUT2D eigenvalue weighted by Gasteiger charge is -2.26. The number of carbonyl (C=O) groups excluding carboxylic acids is 1. The highest BCUT2D eigenvalue weighted by molar-refractivity contribution is 8.03. The zero-order valence-corrected chi connectivity index (χ0v) is 19.5. The summed E-state index contributed by atoms with van der Waals surface area (Å²) in [5.41, 5.74) is 4.98. The smallest absolute Gasteiger partial charge is 0.330 e. The van der Waals surface area contributed by atoms with Gasteiger partial charge >= 0.3 is 5.69 Å². The number of thioether (sulfide) groups is 2. The molecule has 0 aliphatic carbocycles. The zero-order chi connectivity index (χ0) is 21.7. The number of anilines is 2. The van der Waals surface area contributed by atoms with E-state index in [0.717, 1.165) is 4.34 Å². The van der Waals surface area contributed by atoms with Gasteiger partial charge in [0, 0.05) is 13.1 Å². The number of amides is 1. The Balaban J connectivity index is 2.37. The van der Waals surface area contributed by atoms with E-state index in [1.807, 2.05) is 34.0 Å². The van der Waals surface area contributed by atoms with Gasteiger partial charge in [-0.15, -0.1) is 10.2 Å². The van der Waals surface area contributed by atoms with Crippen LogP contribution in [0.4, 0.5) is 11.5 Å². The molecule has 0 spiro atoms. The molecule has 0 unspecified atom stereocenters. The van der Waals surface area contributed by atoms with Crippen LogP contribution in [0.5, 0.6) is 0 Å². The number of hydrogen-bond acceptors (Lipinski definition) is 9. The summed E-state index contributed by atoms with van der Waals surface area (Å²) >= 11 is 4.16. The van der Waals surface area contributed by atoms with Crippen LogP contribution < -0.4 is 21.9 Å². The fourth-order valence-electron chi connectivity index (χ4n) is 2.61. The molecule has 2 aromatic heterocycles. The summed E-state index contributed by atoms with van der Waals surface area (Å²) in [6.07, 6.45) is 1.91. The molecule has 0 aliphatic rings. The molecule has 29 heavy (non-hydrogen) atoms. The van der Waals surface area contributed by atoms with E-state index in [-0.39, 0.29) is 35.0 Å². The van der Waals surface area contributed by atoms with Crippen molar-refractivity contribution >= 4 is 52.3 Å². The first-order valence-corrected chi connectivity index (χ1v) is 12.1. The molecule has 0 bridgehead atoms. The molecule has 0 aromatic carbocycles. The fraction of sp³-hybridized carbons (Fsp3) is 0.588. The molecule has 2 heterocycles. The average Bonchev–Trinajstić information content (AvgIpc) is 3.10. The van der Waals surface area contributed by atoms with Crippen molar-refractivity contribution in [3.8, 4) is 0 Å². The van der Waals surface area contributed by atoms with Gasteiger partial charge in [-0.05, 0) is 18.1 Å². The van der Waals surface area contributed by atoms with Crippen molar-refractivity contribution in [1.29, 1.82) is 0 Å². The van der Waals surface area contributed by atoms with E-state index in [4.69, 9.17) is 5.73 Å².